The molecule has 142 valence electrons. The van der Waals surface area contributed by atoms with Crippen molar-refractivity contribution in [1.82, 2.24) is 0 Å². The maximum Gasteiger partial charge on any atom is 0.302 e. The van der Waals surface area contributed by atoms with Gasteiger partial charge in [0.25, 0.3) is 0 Å². The van der Waals surface area contributed by atoms with E-state index in [9.17, 15) is 17.6 Å². The summed E-state index contributed by atoms with van der Waals surface area (Å²) in [6.45, 7) is 0. The van der Waals surface area contributed by atoms with Gasteiger partial charge in [-0.05, 0) is 29.3 Å². The first-order valence-corrected chi connectivity index (χ1v) is 9.73. The zero-order valence-electron chi connectivity index (χ0n) is 14.6. The third kappa shape index (κ3) is 3.64. The Kier molecular flexibility index (Phi) is 5.25. The minimum absolute atomic E-state index is 0.0125. The largest absolute Gasteiger partial charge is 0.467 e. The summed E-state index contributed by atoms with van der Waals surface area (Å²) in [4.78, 5) is 12.8. The van der Waals surface area contributed by atoms with Crippen LogP contribution in [-0.4, -0.2) is 37.7 Å². The van der Waals surface area contributed by atoms with E-state index < -0.39 is 43.4 Å². The monoisotopic (exact) mass is 427 g/mol. The number of carbonyl (C=O) groups excluding carboxylic acids is 1. The van der Waals surface area contributed by atoms with E-state index in [4.69, 9.17) is 49.8 Å². The molecule has 0 spiro atoms. The third-order valence-corrected chi connectivity index (χ3v) is 5.83. The Morgan fingerprint density at radius 3 is 2.38 bits per heavy atom. The Morgan fingerprint density at radius 2 is 1.79 bits per heavy atom. The minimum atomic E-state index is -4.85. The number of rotatable bonds is 5. The highest BCUT2D eigenvalue weighted by Gasteiger charge is 2.50. The van der Waals surface area contributed by atoms with Gasteiger partial charge in [-0.25, -0.2) is 4.39 Å². The molecular weight excluding hydrogens is 417 g/mol. The predicted molar refractivity (Wildman–Crippen MR) is 106 cm³/mol. The van der Waals surface area contributed by atoms with Crippen molar-refractivity contribution in [2.75, 3.05) is 0 Å². The summed E-state index contributed by atoms with van der Waals surface area (Å²) in [5.41, 5.74) is 3.02. The van der Waals surface area contributed by atoms with E-state index in [1.54, 1.807) is 6.07 Å². The second kappa shape index (κ2) is 7.14. The molecule has 1 heterocycles. The van der Waals surface area contributed by atoms with Crippen molar-refractivity contribution in [3.05, 3.63) is 82.1 Å². The topological polar surface area (TPSA) is 95.7 Å². The number of Topliss-reactive ketones (excluding diaryl/α,β-unsaturated/α-hetero) is 1. The molecule has 2 N–H and O–H groups in total. The number of hydrogen-bond donors (Lipinski definition) is 1. The van der Waals surface area contributed by atoms with Gasteiger partial charge < -0.3 is 14.7 Å². The van der Waals surface area contributed by atoms with Crippen molar-refractivity contribution in [1.29, 1.82) is 0 Å². The average molecular weight is 427 g/mol. The number of nitrogens with two attached hydrogens (primary N) is 1. The fraction of sp³-hybridized carbons (Fsp3) is 0.118. The van der Waals surface area contributed by atoms with Gasteiger partial charge in [-0.1, -0.05) is 41.9 Å². The molecule has 0 bridgehead atoms. The first kappa shape index (κ1) is 21.3. The number of hydrogen-bond acceptors (Lipinski definition) is 6. The lowest BCUT2D eigenvalue weighted by Crippen LogP contribution is -2.40. The number of ether oxygens (including phenoxy) is 1. The van der Waals surface area contributed by atoms with E-state index in [1.165, 1.54) is 24.3 Å². The summed E-state index contributed by atoms with van der Waals surface area (Å²) in [5, 5.41) is -0.0752. The highest BCUT2D eigenvalue weighted by molar-refractivity contribution is 7.90. The lowest BCUT2D eigenvalue weighted by Gasteiger charge is -2.26. The first-order valence-electron chi connectivity index (χ1n) is 7.95. The lowest BCUT2D eigenvalue weighted by molar-refractivity contribution is -0.126. The zero-order chi connectivity index (χ0) is 21.6. The number of halogens is 2. The second-order valence-electron chi connectivity index (χ2n) is 6.21. The zero-order valence-corrected chi connectivity index (χ0v) is 16.2. The molecule has 29 heavy (non-hydrogen) atoms. The van der Waals surface area contributed by atoms with Crippen molar-refractivity contribution in [2.24, 2.45) is 5.73 Å². The standard InChI is InChI=1S/C17H10B3ClFNO5S/c18-16(10-6-11(21)8-12(22)7-10)14(24)13(15(23)27-16)28-29(25,26)17(19,20)9-4-2-1-3-5-9/h1-8H,23H2. The molecule has 0 aliphatic carbocycles. The van der Waals surface area contributed by atoms with Gasteiger partial charge in [0.05, 0.1) is 20.2 Å². The highest BCUT2D eigenvalue weighted by atomic mass is 35.5. The van der Waals surface area contributed by atoms with Crippen molar-refractivity contribution < 1.29 is 26.5 Å². The maximum atomic E-state index is 13.7. The lowest BCUT2D eigenvalue weighted by atomic mass is 9.65. The minimum Gasteiger partial charge on any atom is -0.467 e. The van der Waals surface area contributed by atoms with Gasteiger partial charge in [0.1, 0.15) is 13.7 Å². The summed E-state index contributed by atoms with van der Waals surface area (Å²) in [7, 11) is 12.6. The molecular formula is C17H10B3ClFNO5S. The van der Waals surface area contributed by atoms with Crippen LogP contribution >= 0.6 is 11.6 Å². The van der Waals surface area contributed by atoms with Gasteiger partial charge in [-0.3, -0.25) is 4.79 Å². The van der Waals surface area contributed by atoms with Gasteiger partial charge >= 0.3 is 10.1 Å². The van der Waals surface area contributed by atoms with E-state index in [0.717, 1.165) is 18.2 Å². The van der Waals surface area contributed by atoms with Gasteiger partial charge in [0.2, 0.25) is 17.4 Å². The van der Waals surface area contributed by atoms with E-state index in [2.05, 4.69) is 0 Å². The Morgan fingerprint density at radius 1 is 1.17 bits per heavy atom. The van der Waals surface area contributed by atoms with Gasteiger partial charge in [-0.15, -0.1) is 0 Å². The summed E-state index contributed by atoms with van der Waals surface area (Å²) in [6, 6.07) is 10.4. The van der Waals surface area contributed by atoms with Crippen LogP contribution < -0.4 is 5.73 Å². The van der Waals surface area contributed by atoms with Crippen LogP contribution in [0.1, 0.15) is 11.1 Å². The molecule has 1 aliphatic rings. The van der Waals surface area contributed by atoms with Crippen molar-refractivity contribution in [3.63, 3.8) is 0 Å². The number of carbonyl (C=O) groups is 1. The molecule has 2 aromatic carbocycles. The molecule has 1 aliphatic heterocycles. The van der Waals surface area contributed by atoms with Crippen LogP contribution in [0.2, 0.25) is 5.02 Å². The molecule has 0 saturated carbocycles. The molecule has 12 heteroatoms. The molecule has 3 rings (SSSR count). The van der Waals surface area contributed by atoms with Crippen LogP contribution in [0, 0.1) is 5.82 Å². The van der Waals surface area contributed by atoms with Crippen LogP contribution in [0.4, 0.5) is 4.39 Å². The summed E-state index contributed by atoms with van der Waals surface area (Å²) in [5.74, 6) is -3.68. The molecule has 1 unspecified atom stereocenters. The van der Waals surface area contributed by atoms with Crippen molar-refractivity contribution in [2.45, 2.75) is 10.0 Å². The van der Waals surface area contributed by atoms with Crippen LogP contribution in [-0.2, 0) is 33.9 Å². The van der Waals surface area contributed by atoms with E-state index in [-0.39, 0.29) is 16.1 Å². The third-order valence-electron chi connectivity index (χ3n) is 4.16. The summed E-state index contributed by atoms with van der Waals surface area (Å²) < 4.78 is 46.4. The number of ketones is 1. The van der Waals surface area contributed by atoms with E-state index in [0.29, 0.717) is 0 Å². The molecule has 0 fully saturated rings. The maximum absolute atomic E-state index is 13.7. The molecule has 2 aromatic rings. The molecule has 6 radical (unpaired) electrons. The van der Waals surface area contributed by atoms with E-state index in [1.807, 2.05) is 0 Å². The Hall–Kier alpha value is -2.39. The van der Waals surface area contributed by atoms with Crippen molar-refractivity contribution >= 4 is 51.0 Å². The van der Waals surface area contributed by atoms with E-state index >= 15 is 0 Å². The van der Waals surface area contributed by atoms with Crippen LogP contribution in [0.25, 0.3) is 0 Å². The van der Waals surface area contributed by atoms with Crippen LogP contribution in [0.5, 0.6) is 0 Å². The summed E-state index contributed by atoms with van der Waals surface area (Å²) >= 11 is 5.78. The Labute approximate surface area is 175 Å². The SMILES string of the molecule is [B]C1(c2cc(F)cc(Cl)c2)OC(N)=C(OS(=O)(=O)C([B])([B])c2ccccc2)C1=O. The molecule has 0 saturated heterocycles. The first-order chi connectivity index (χ1) is 13.4. The molecule has 6 nitrogen and oxygen atoms in total. The highest BCUT2D eigenvalue weighted by Crippen LogP contribution is 2.38. The fourth-order valence-electron chi connectivity index (χ4n) is 2.61. The smallest absolute Gasteiger partial charge is 0.302 e. The second-order valence-corrected chi connectivity index (χ2v) is 8.40. The average Bonchev–Trinajstić information content (AvgIpc) is 2.85. The fourth-order valence-corrected chi connectivity index (χ4v) is 3.77. The Bertz CT molecular complexity index is 1110. The Balaban J connectivity index is 1.96. The normalized spacial score (nSPS) is 19.9. The number of benzene rings is 2. The molecule has 0 aromatic heterocycles. The molecule has 1 atom stereocenters. The predicted octanol–water partition coefficient (Wildman–Crippen LogP) is 1.02. The van der Waals surface area contributed by atoms with Gasteiger partial charge in [-0.2, -0.15) is 8.42 Å². The van der Waals surface area contributed by atoms with Crippen molar-refractivity contribution in [3.8, 4) is 0 Å². The van der Waals surface area contributed by atoms with Crippen LogP contribution in [0.3, 0.4) is 0 Å². The summed E-state index contributed by atoms with van der Waals surface area (Å²) in [6.07, 6.45) is 0. The van der Waals surface area contributed by atoms with Gasteiger partial charge in [0, 0.05) is 5.02 Å². The molecule has 0 amide bonds. The quantitative estimate of drug-likeness (QED) is 0.566. The van der Waals surface area contributed by atoms with Crippen LogP contribution in [0.15, 0.2) is 60.2 Å². The van der Waals surface area contributed by atoms with Gasteiger partial charge in [0.15, 0.2) is 5.50 Å².